The lowest BCUT2D eigenvalue weighted by Gasteiger charge is -2.05. The molecule has 0 aliphatic heterocycles. The van der Waals surface area contributed by atoms with Crippen molar-refractivity contribution in [3.63, 3.8) is 0 Å². The first-order valence-corrected chi connectivity index (χ1v) is 6.38. The molecule has 2 aromatic rings. The number of hydrogen-bond acceptors (Lipinski definition) is 4. The number of amides is 1. The maximum Gasteiger partial charge on any atom is 0.271 e. The van der Waals surface area contributed by atoms with Crippen molar-refractivity contribution in [1.29, 1.82) is 0 Å². The van der Waals surface area contributed by atoms with Gasteiger partial charge < -0.3 is 9.84 Å². The predicted octanol–water partition coefficient (Wildman–Crippen LogP) is 2.55. The van der Waals surface area contributed by atoms with Crippen LogP contribution in [0.15, 0.2) is 53.6 Å². The molecular weight excluding hydrogens is 268 g/mol. The van der Waals surface area contributed by atoms with E-state index in [1.165, 1.54) is 0 Å². The lowest BCUT2D eigenvalue weighted by molar-refractivity contribution is 0.0954. The van der Waals surface area contributed by atoms with Crippen LogP contribution in [0.2, 0.25) is 0 Å². The van der Waals surface area contributed by atoms with E-state index in [0.29, 0.717) is 17.0 Å². The van der Waals surface area contributed by atoms with Crippen LogP contribution >= 0.6 is 0 Å². The van der Waals surface area contributed by atoms with Crippen LogP contribution in [0.1, 0.15) is 22.8 Å². The first kappa shape index (κ1) is 14.6. The van der Waals surface area contributed by atoms with Gasteiger partial charge in [-0.25, -0.2) is 5.43 Å². The molecule has 5 nitrogen and oxygen atoms in total. The van der Waals surface area contributed by atoms with Crippen molar-refractivity contribution in [3.8, 4) is 11.5 Å². The van der Waals surface area contributed by atoms with Crippen LogP contribution in [-0.4, -0.2) is 23.8 Å². The number of rotatable bonds is 4. The van der Waals surface area contributed by atoms with Crippen LogP contribution in [-0.2, 0) is 0 Å². The molecule has 0 atom stereocenters. The molecule has 2 rings (SSSR count). The highest BCUT2D eigenvalue weighted by Gasteiger charge is 2.06. The van der Waals surface area contributed by atoms with Crippen molar-refractivity contribution in [2.75, 3.05) is 7.11 Å². The van der Waals surface area contributed by atoms with E-state index in [1.807, 2.05) is 0 Å². The van der Waals surface area contributed by atoms with Crippen LogP contribution in [0, 0.1) is 0 Å². The average molecular weight is 284 g/mol. The van der Waals surface area contributed by atoms with Crippen molar-refractivity contribution >= 4 is 11.6 Å². The SMILES string of the molecule is COc1cccc(C(=O)N/N=C(/C)c2ccc(O)cc2)c1. The molecule has 0 spiro atoms. The van der Waals surface area contributed by atoms with Gasteiger partial charge in [0.05, 0.1) is 12.8 Å². The highest BCUT2D eigenvalue weighted by atomic mass is 16.5. The van der Waals surface area contributed by atoms with Gasteiger partial charge in [-0.15, -0.1) is 0 Å². The number of benzene rings is 2. The lowest BCUT2D eigenvalue weighted by Crippen LogP contribution is -2.19. The van der Waals surface area contributed by atoms with Gasteiger partial charge in [0.25, 0.3) is 5.91 Å². The second-order valence-electron chi connectivity index (χ2n) is 4.42. The molecule has 0 bridgehead atoms. The van der Waals surface area contributed by atoms with Crippen LogP contribution in [0.3, 0.4) is 0 Å². The molecule has 0 saturated heterocycles. The normalized spacial score (nSPS) is 11.0. The molecule has 0 aliphatic rings. The monoisotopic (exact) mass is 284 g/mol. The number of nitrogens with one attached hydrogen (secondary N) is 1. The second kappa shape index (κ2) is 6.56. The number of methoxy groups -OCH3 is 1. The fraction of sp³-hybridized carbons (Fsp3) is 0.125. The minimum atomic E-state index is -0.313. The van der Waals surface area contributed by atoms with Crippen molar-refractivity contribution < 1.29 is 14.6 Å². The van der Waals surface area contributed by atoms with E-state index >= 15 is 0 Å². The van der Waals surface area contributed by atoms with Gasteiger partial charge in [-0.2, -0.15) is 5.10 Å². The lowest BCUT2D eigenvalue weighted by atomic mass is 10.1. The summed E-state index contributed by atoms with van der Waals surface area (Å²) in [5.41, 5.74) is 4.43. The third-order valence-corrected chi connectivity index (χ3v) is 2.94. The Bertz CT molecular complexity index is 663. The third-order valence-electron chi connectivity index (χ3n) is 2.94. The number of ether oxygens (including phenoxy) is 1. The first-order chi connectivity index (χ1) is 10.1. The summed E-state index contributed by atoms with van der Waals surface area (Å²) < 4.78 is 5.07. The average Bonchev–Trinajstić information content (AvgIpc) is 2.53. The largest absolute Gasteiger partial charge is 0.508 e. The number of carbonyl (C=O) groups is 1. The van der Waals surface area contributed by atoms with E-state index in [2.05, 4.69) is 10.5 Å². The van der Waals surface area contributed by atoms with Crippen molar-refractivity contribution in [3.05, 3.63) is 59.7 Å². The second-order valence-corrected chi connectivity index (χ2v) is 4.42. The summed E-state index contributed by atoms with van der Waals surface area (Å²) in [6.07, 6.45) is 0. The van der Waals surface area contributed by atoms with Crippen molar-refractivity contribution in [1.82, 2.24) is 5.43 Å². The van der Waals surface area contributed by atoms with E-state index in [1.54, 1.807) is 62.6 Å². The quantitative estimate of drug-likeness (QED) is 0.669. The van der Waals surface area contributed by atoms with E-state index in [0.717, 1.165) is 5.56 Å². The smallest absolute Gasteiger partial charge is 0.271 e. The summed E-state index contributed by atoms with van der Waals surface area (Å²) in [6.45, 7) is 1.78. The molecule has 2 N–H and O–H groups in total. The standard InChI is InChI=1S/C16H16N2O3/c1-11(12-6-8-14(19)9-7-12)17-18-16(20)13-4-3-5-15(10-13)21-2/h3-10,19H,1-2H3,(H,18,20)/b17-11-. The molecule has 0 aliphatic carbocycles. The molecule has 0 unspecified atom stereocenters. The van der Waals surface area contributed by atoms with Gasteiger partial charge in [0.2, 0.25) is 0 Å². The summed E-state index contributed by atoms with van der Waals surface area (Å²) in [5, 5.41) is 13.3. The van der Waals surface area contributed by atoms with E-state index in [4.69, 9.17) is 4.74 Å². The van der Waals surface area contributed by atoms with Gasteiger partial charge in [-0.05, 0) is 55.0 Å². The molecule has 0 saturated carbocycles. The molecule has 0 heterocycles. The van der Waals surface area contributed by atoms with Crippen LogP contribution in [0.25, 0.3) is 0 Å². The van der Waals surface area contributed by atoms with Gasteiger partial charge in [0.1, 0.15) is 11.5 Å². The van der Waals surface area contributed by atoms with Crippen LogP contribution in [0.4, 0.5) is 0 Å². The molecule has 2 aromatic carbocycles. The molecule has 1 amide bonds. The maximum atomic E-state index is 12.0. The highest BCUT2D eigenvalue weighted by Crippen LogP contribution is 2.13. The van der Waals surface area contributed by atoms with Crippen molar-refractivity contribution in [2.24, 2.45) is 5.10 Å². The Labute approximate surface area is 122 Å². The van der Waals surface area contributed by atoms with Crippen LogP contribution < -0.4 is 10.2 Å². The number of hydrazone groups is 1. The Morgan fingerprint density at radius 3 is 2.52 bits per heavy atom. The Kier molecular flexibility index (Phi) is 4.56. The fourth-order valence-electron chi connectivity index (χ4n) is 1.73. The summed E-state index contributed by atoms with van der Waals surface area (Å²) in [7, 11) is 1.55. The third kappa shape index (κ3) is 3.82. The zero-order valence-electron chi connectivity index (χ0n) is 11.8. The number of carbonyl (C=O) groups excluding carboxylic acids is 1. The number of phenols is 1. The predicted molar refractivity (Wildman–Crippen MR) is 80.8 cm³/mol. The Morgan fingerprint density at radius 2 is 1.86 bits per heavy atom. The number of phenolic OH excluding ortho intramolecular Hbond substituents is 1. The number of hydrogen-bond donors (Lipinski definition) is 2. The molecule has 21 heavy (non-hydrogen) atoms. The number of nitrogens with zero attached hydrogens (tertiary/aromatic N) is 1. The Balaban J connectivity index is 2.08. The molecular formula is C16H16N2O3. The van der Waals surface area contributed by atoms with Crippen molar-refractivity contribution in [2.45, 2.75) is 6.92 Å². The maximum absolute atomic E-state index is 12.0. The van der Waals surface area contributed by atoms with E-state index in [9.17, 15) is 9.90 Å². The minimum Gasteiger partial charge on any atom is -0.508 e. The highest BCUT2D eigenvalue weighted by molar-refractivity contribution is 6.01. The number of aromatic hydroxyl groups is 1. The Morgan fingerprint density at radius 1 is 1.14 bits per heavy atom. The fourth-order valence-corrected chi connectivity index (χ4v) is 1.73. The summed E-state index contributed by atoms with van der Waals surface area (Å²) in [6, 6.07) is 13.4. The zero-order chi connectivity index (χ0) is 15.2. The van der Waals surface area contributed by atoms with Gasteiger partial charge >= 0.3 is 0 Å². The minimum absolute atomic E-state index is 0.187. The van der Waals surface area contributed by atoms with Gasteiger partial charge in [0.15, 0.2) is 0 Å². The molecule has 0 aromatic heterocycles. The molecule has 108 valence electrons. The Hall–Kier alpha value is -2.82. The zero-order valence-corrected chi connectivity index (χ0v) is 11.8. The van der Waals surface area contributed by atoms with E-state index in [-0.39, 0.29) is 11.7 Å². The first-order valence-electron chi connectivity index (χ1n) is 6.38. The molecule has 0 fully saturated rings. The summed E-state index contributed by atoms with van der Waals surface area (Å²) in [5.74, 6) is 0.487. The molecule has 5 heteroatoms. The molecule has 0 radical (unpaired) electrons. The summed E-state index contributed by atoms with van der Waals surface area (Å²) >= 11 is 0. The summed E-state index contributed by atoms with van der Waals surface area (Å²) in [4.78, 5) is 12.0. The van der Waals surface area contributed by atoms with Crippen LogP contribution in [0.5, 0.6) is 11.5 Å². The van der Waals surface area contributed by atoms with Gasteiger partial charge in [-0.1, -0.05) is 6.07 Å². The van der Waals surface area contributed by atoms with Gasteiger partial charge in [-0.3, -0.25) is 4.79 Å². The van der Waals surface area contributed by atoms with E-state index < -0.39 is 0 Å². The van der Waals surface area contributed by atoms with Gasteiger partial charge in [0, 0.05) is 5.56 Å². The topological polar surface area (TPSA) is 70.9 Å².